The number of hydrogen-bond acceptors (Lipinski definition) is 3. The lowest BCUT2D eigenvalue weighted by Crippen LogP contribution is -2.26. The summed E-state index contributed by atoms with van der Waals surface area (Å²) < 4.78 is 24.1. The molecule has 0 amide bonds. The Balaban J connectivity index is 2.04. The Morgan fingerprint density at radius 1 is 1.29 bits per heavy atom. The van der Waals surface area contributed by atoms with Gasteiger partial charge in [0, 0.05) is 12.6 Å². The number of sulfone groups is 1. The zero-order chi connectivity index (χ0) is 15.5. The van der Waals surface area contributed by atoms with Gasteiger partial charge in [-0.25, -0.2) is 8.42 Å². The summed E-state index contributed by atoms with van der Waals surface area (Å²) in [7, 11) is -2.96. The predicted octanol–water partition coefficient (Wildman–Crippen LogP) is 3.04. The minimum absolute atomic E-state index is 0.273. The van der Waals surface area contributed by atoms with Crippen molar-refractivity contribution in [3.63, 3.8) is 0 Å². The van der Waals surface area contributed by atoms with Crippen molar-refractivity contribution in [1.29, 1.82) is 0 Å². The third kappa shape index (κ3) is 5.11. The van der Waals surface area contributed by atoms with Gasteiger partial charge in [-0.05, 0) is 51.5 Å². The van der Waals surface area contributed by atoms with Gasteiger partial charge in [0.2, 0.25) is 0 Å². The molecule has 0 heterocycles. The molecule has 2 rings (SSSR count). The highest BCUT2D eigenvalue weighted by Crippen LogP contribution is 2.25. The molecule has 4 heteroatoms. The number of aryl methyl sites for hydroxylation is 1. The molecular weight excluding hydrogens is 282 g/mol. The highest BCUT2D eigenvalue weighted by Gasteiger charge is 2.24. The van der Waals surface area contributed by atoms with Crippen LogP contribution in [-0.4, -0.2) is 32.0 Å². The predicted molar refractivity (Wildman–Crippen MR) is 88.5 cm³/mol. The molecule has 1 saturated carbocycles. The van der Waals surface area contributed by atoms with Gasteiger partial charge in [0.15, 0.2) is 9.84 Å². The summed E-state index contributed by atoms with van der Waals surface area (Å²) in [6.45, 7) is 6.49. The van der Waals surface area contributed by atoms with Crippen LogP contribution in [0.1, 0.15) is 50.2 Å². The smallest absolute Gasteiger partial charge is 0.152 e. The Morgan fingerprint density at radius 2 is 2.00 bits per heavy atom. The van der Waals surface area contributed by atoms with E-state index in [4.69, 9.17) is 0 Å². The third-order valence-electron chi connectivity index (χ3n) is 4.21. The van der Waals surface area contributed by atoms with Crippen LogP contribution in [0.5, 0.6) is 0 Å². The Labute approximate surface area is 129 Å². The second kappa shape index (κ2) is 6.93. The lowest BCUT2D eigenvalue weighted by atomic mass is 9.95. The average Bonchev–Trinajstić information content (AvgIpc) is 3.22. The summed E-state index contributed by atoms with van der Waals surface area (Å²) in [4.78, 5) is 0. The highest BCUT2D eigenvalue weighted by molar-refractivity contribution is 7.91. The van der Waals surface area contributed by atoms with E-state index in [1.165, 1.54) is 24.0 Å². The van der Waals surface area contributed by atoms with Gasteiger partial charge in [-0.1, -0.05) is 29.8 Å². The van der Waals surface area contributed by atoms with Crippen LogP contribution < -0.4 is 5.32 Å². The number of hydrogen-bond donors (Lipinski definition) is 1. The first kappa shape index (κ1) is 16.5. The van der Waals surface area contributed by atoms with Crippen molar-refractivity contribution in [1.82, 2.24) is 5.32 Å². The van der Waals surface area contributed by atoms with Gasteiger partial charge < -0.3 is 5.32 Å². The molecule has 1 unspecified atom stereocenters. The van der Waals surface area contributed by atoms with E-state index in [1.807, 2.05) is 0 Å². The first-order valence-electron chi connectivity index (χ1n) is 7.90. The molecule has 1 aromatic rings. The van der Waals surface area contributed by atoms with Crippen LogP contribution in [0.15, 0.2) is 24.3 Å². The molecule has 1 fully saturated rings. The third-order valence-corrected chi connectivity index (χ3v) is 6.45. The van der Waals surface area contributed by atoms with E-state index in [0.717, 1.165) is 6.54 Å². The fourth-order valence-corrected chi connectivity index (χ4v) is 3.53. The van der Waals surface area contributed by atoms with Crippen molar-refractivity contribution < 1.29 is 8.42 Å². The van der Waals surface area contributed by atoms with Crippen LogP contribution in [0.3, 0.4) is 0 Å². The zero-order valence-electron chi connectivity index (χ0n) is 13.3. The van der Waals surface area contributed by atoms with E-state index in [-0.39, 0.29) is 16.9 Å². The number of nitrogens with one attached hydrogen (secondary N) is 1. The molecule has 21 heavy (non-hydrogen) atoms. The number of rotatable bonds is 8. The minimum atomic E-state index is -2.96. The molecule has 0 aliphatic heterocycles. The van der Waals surface area contributed by atoms with Gasteiger partial charge in [0.25, 0.3) is 0 Å². The van der Waals surface area contributed by atoms with Gasteiger partial charge in [-0.2, -0.15) is 0 Å². The van der Waals surface area contributed by atoms with Gasteiger partial charge in [-0.15, -0.1) is 0 Å². The fraction of sp³-hybridized carbons (Fsp3) is 0.647. The molecule has 1 aromatic carbocycles. The summed E-state index contributed by atoms with van der Waals surface area (Å²) in [5.74, 6) is 0.550. The first-order valence-corrected chi connectivity index (χ1v) is 9.61. The maximum atomic E-state index is 12.1. The van der Waals surface area contributed by atoms with E-state index < -0.39 is 9.84 Å². The maximum absolute atomic E-state index is 12.1. The van der Waals surface area contributed by atoms with Gasteiger partial charge >= 0.3 is 0 Å². The van der Waals surface area contributed by atoms with Crippen molar-refractivity contribution in [2.75, 3.05) is 12.3 Å². The average molecular weight is 309 g/mol. The van der Waals surface area contributed by atoms with Crippen molar-refractivity contribution >= 4 is 9.84 Å². The van der Waals surface area contributed by atoms with Crippen LogP contribution in [-0.2, 0) is 9.84 Å². The Kier molecular flexibility index (Phi) is 5.44. The van der Waals surface area contributed by atoms with Crippen molar-refractivity contribution in [2.24, 2.45) is 0 Å². The van der Waals surface area contributed by atoms with Crippen LogP contribution in [0.25, 0.3) is 0 Å². The van der Waals surface area contributed by atoms with Crippen LogP contribution >= 0.6 is 0 Å². The first-order chi connectivity index (χ1) is 9.88. The van der Waals surface area contributed by atoms with Crippen molar-refractivity contribution in [3.8, 4) is 0 Å². The molecule has 0 radical (unpaired) electrons. The summed E-state index contributed by atoms with van der Waals surface area (Å²) in [5.41, 5.74) is 2.48. The summed E-state index contributed by atoms with van der Waals surface area (Å²) in [6.07, 6.45) is 3.21. The van der Waals surface area contributed by atoms with Gasteiger partial charge in [-0.3, -0.25) is 0 Å². The standard InChI is InChI=1S/C17H27NO2S/c1-13(2)21(19,20)10-9-16(12-18-17-7-8-17)15-6-4-5-14(3)11-15/h4-6,11,13,16-18H,7-10,12H2,1-3H3. The molecule has 3 nitrogen and oxygen atoms in total. The highest BCUT2D eigenvalue weighted by atomic mass is 32.2. The molecular formula is C17H27NO2S. The quantitative estimate of drug-likeness (QED) is 0.803. The molecule has 0 spiro atoms. The maximum Gasteiger partial charge on any atom is 0.152 e. The Morgan fingerprint density at radius 3 is 2.57 bits per heavy atom. The lowest BCUT2D eigenvalue weighted by Gasteiger charge is -2.19. The minimum Gasteiger partial charge on any atom is -0.313 e. The normalized spacial score (nSPS) is 17.1. The molecule has 1 atom stereocenters. The summed E-state index contributed by atoms with van der Waals surface area (Å²) in [5, 5.41) is 3.26. The number of benzene rings is 1. The summed E-state index contributed by atoms with van der Waals surface area (Å²) in [6, 6.07) is 9.10. The van der Waals surface area contributed by atoms with Crippen molar-refractivity contribution in [3.05, 3.63) is 35.4 Å². The van der Waals surface area contributed by atoms with Crippen LogP contribution in [0.4, 0.5) is 0 Å². The largest absolute Gasteiger partial charge is 0.313 e. The second-order valence-corrected chi connectivity index (χ2v) is 9.17. The zero-order valence-corrected chi connectivity index (χ0v) is 14.1. The van der Waals surface area contributed by atoms with E-state index in [0.29, 0.717) is 12.5 Å². The molecule has 1 N–H and O–H groups in total. The Bertz CT molecular complexity index is 562. The molecule has 0 aromatic heterocycles. The van der Waals surface area contributed by atoms with Gasteiger partial charge in [0.1, 0.15) is 0 Å². The molecule has 1 aliphatic carbocycles. The lowest BCUT2D eigenvalue weighted by molar-refractivity contribution is 0.550. The second-order valence-electron chi connectivity index (χ2n) is 6.50. The summed E-state index contributed by atoms with van der Waals surface area (Å²) >= 11 is 0. The monoisotopic (exact) mass is 309 g/mol. The molecule has 0 saturated heterocycles. The van der Waals surface area contributed by atoms with E-state index >= 15 is 0 Å². The molecule has 118 valence electrons. The van der Waals surface area contributed by atoms with Gasteiger partial charge in [0.05, 0.1) is 11.0 Å². The van der Waals surface area contributed by atoms with E-state index in [2.05, 4.69) is 36.5 Å². The van der Waals surface area contributed by atoms with E-state index in [1.54, 1.807) is 13.8 Å². The van der Waals surface area contributed by atoms with E-state index in [9.17, 15) is 8.42 Å². The topological polar surface area (TPSA) is 46.2 Å². The molecule has 0 bridgehead atoms. The Hall–Kier alpha value is -0.870. The SMILES string of the molecule is Cc1cccc(C(CCS(=O)(=O)C(C)C)CNC2CC2)c1. The van der Waals surface area contributed by atoms with Crippen LogP contribution in [0.2, 0.25) is 0 Å². The molecule has 1 aliphatic rings. The van der Waals surface area contributed by atoms with Crippen molar-refractivity contribution in [2.45, 2.75) is 57.2 Å². The fourth-order valence-electron chi connectivity index (χ4n) is 2.45. The van der Waals surface area contributed by atoms with Crippen LogP contribution in [0, 0.1) is 6.92 Å².